The number of ether oxygens (including phenoxy) is 1. The Hall–Kier alpha value is -1.55. The van der Waals surface area contributed by atoms with Crippen LogP contribution >= 0.6 is 0 Å². The molecule has 0 aromatic heterocycles. The molecular formula is C12H17NO3. The molecule has 0 aliphatic rings. The maximum Gasteiger partial charge on any atom is 0.251 e. The van der Waals surface area contributed by atoms with E-state index in [1.54, 1.807) is 24.3 Å². The molecule has 0 bridgehead atoms. The Morgan fingerprint density at radius 2 is 2.06 bits per heavy atom. The van der Waals surface area contributed by atoms with E-state index in [0.717, 1.165) is 0 Å². The number of rotatable bonds is 6. The highest BCUT2D eigenvalue weighted by Gasteiger charge is 2.03. The van der Waals surface area contributed by atoms with Gasteiger partial charge in [0.15, 0.2) is 0 Å². The van der Waals surface area contributed by atoms with Gasteiger partial charge in [-0.1, -0.05) is 0 Å². The first kappa shape index (κ1) is 12.5. The van der Waals surface area contributed by atoms with Crippen LogP contribution in [0.25, 0.3) is 0 Å². The Bertz CT molecular complexity index is 322. The van der Waals surface area contributed by atoms with Crippen molar-refractivity contribution in [2.24, 2.45) is 0 Å². The van der Waals surface area contributed by atoms with Gasteiger partial charge in [-0.15, -0.1) is 0 Å². The van der Waals surface area contributed by atoms with Crippen molar-refractivity contribution in [2.75, 3.05) is 19.8 Å². The van der Waals surface area contributed by atoms with Crippen molar-refractivity contribution >= 4 is 5.91 Å². The summed E-state index contributed by atoms with van der Waals surface area (Å²) in [4.78, 5) is 11.4. The molecule has 0 spiro atoms. The fourth-order valence-electron chi connectivity index (χ4n) is 1.22. The number of nitrogens with one attached hydrogen (secondary N) is 1. The molecule has 4 nitrogen and oxygen atoms in total. The van der Waals surface area contributed by atoms with Gasteiger partial charge < -0.3 is 15.2 Å². The quantitative estimate of drug-likeness (QED) is 0.712. The zero-order valence-electron chi connectivity index (χ0n) is 9.40. The SMILES string of the molecule is CCNC(=O)c1ccc(OCCCO)cc1. The van der Waals surface area contributed by atoms with Crippen molar-refractivity contribution in [3.63, 3.8) is 0 Å². The summed E-state index contributed by atoms with van der Waals surface area (Å²) in [6.07, 6.45) is 0.609. The van der Waals surface area contributed by atoms with Crippen LogP contribution in [0.5, 0.6) is 5.75 Å². The Labute approximate surface area is 95.2 Å². The molecule has 0 saturated heterocycles. The van der Waals surface area contributed by atoms with Gasteiger partial charge in [0.2, 0.25) is 0 Å². The average Bonchev–Trinajstić information content (AvgIpc) is 2.30. The molecule has 2 N–H and O–H groups in total. The van der Waals surface area contributed by atoms with Gasteiger partial charge in [0.1, 0.15) is 5.75 Å². The number of aliphatic hydroxyl groups is 1. The molecule has 0 unspecified atom stereocenters. The second-order valence-electron chi connectivity index (χ2n) is 3.31. The molecule has 0 saturated carbocycles. The molecule has 0 radical (unpaired) electrons. The minimum absolute atomic E-state index is 0.0793. The van der Waals surface area contributed by atoms with Gasteiger partial charge in [-0.2, -0.15) is 0 Å². The van der Waals surface area contributed by atoms with E-state index in [1.165, 1.54) is 0 Å². The topological polar surface area (TPSA) is 58.6 Å². The lowest BCUT2D eigenvalue weighted by atomic mass is 10.2. The minimum atomic E-state index is -0.0793. The van der Waals surface area contributed by atoms with Crippen molar-refractivity contribution in [1.82, 2.24) is 5.32 Å². The number of hydrogen-bond acceptors (Lipinski definition) is 3. The van der Waals surface area contributed by atoms with Gasteiger partial charge in [-0.25, -0.2) is 0 Å². The molecule has 4 heteroatoms. The van der Waals surface area contributed by atoms with Crippen molar-refractivity contribution < 1.29 is 14.6 Å². The first-order chi connectivity index (χ1) is 7.77. The summed E-state index contributed by atoms with van der Waals surface area (Å²) in [5.41, 5.74) is 0.622. The summed E-state index contributed by atoms with van der Waals surface area (Å²) in [6.45, 7) is 3.10. The highest BCUT2D eigenvalue weighted by molar-refractivity contribution is 5.94. The Morgan fingerprint density at radius 1 is 1.38 bits per heavy atom. The number of amides is 1. The van der Waals surface area contributed by atoms with Crippen LogP contribution in [0.2, 0.25) is 0 Å². The number of aliphatic hydroxyl groups excluding tert-OH is 1. The van der Waals surface area contributed by atoms with Crippen molar-refractivity contribution in [2.45, 2.75) is 13.3 Å². The summed E-state index contributed by atoms with van der Waals surface area (Å²) < 4.78 is 5.35. The summed E-state index contributed by atoms with van der Waals surface area (Å²) >= 11 is 0. The number of hydrogen-bond donors (Lipinski definition) is 2. The fraction of sp³-hybridized carbons (Fsp3) is 0.417. The van der Waals surface area contributed by atoms with Crippen molar-refractivity contribution in [3.05, 3.63) is 29.8 Å². The van der Waals surface area contributed by atoms with E-state index in [4.69, 9.17) is 9.84 Å². The fourth-order valence-corrected chi connectivity index (χ4v) is 1.22. The van der Waals surface area contributed by atoms with Crippen LogP contribution in [0.15, 0.2) is 24.3 Å². The second kappa shape index (κ2) is 6.85. The van der Waals surface area contributed by atoms with E-state index in [-0.39, 0.29) is 12.5 Å². The first-order valence-electron chi connectivity index (χ1n) is 5.40. The maximum absolute atomic E-state index is 11.4. The number of benzene rings is 1. The van der Waals surface area contributed by atoms with Gasteiger partial charge in [-0.05, 0) is 31.2 Å². The zero-order chi connectivity index (χ0) is 11.8. The summed E-state index contributed by atoms with van der Waals surface area (Å²) in [5, 5.41) is 11.3. The molecule has 0 heterocycles. The minimum Gasteiger partial charge on any atom is -0.494 e. The molecule has 1 aromatic carbocycles. The average molecular weight is 223 g/mol. The molecule has 1 aromatic rings. The van der Waals surface area contributed by atoms with E-state index < -0.39 is 0 Å². The van der Waals surface area contributed by atoms with Crippen molar-refractivity contribution in [3.8, 4) is 5.75 Å². The van der Waals surface area contributed by atoms with Gasteiger partial charge in [0, 0.05) is 25.1 Å². The van der Waals surface area contributed by atoms with E-state index in [9.17, 15) is 4.79 Å². The molecular weight excluding hydrogens is 206 g/mol. The largest absolute Gasteiger partial charge is 0.494 e. The number of carbonyl (C=O) groups excluding carboxylic acids is 1. The van der Waals surface area contributed by atoms with E-state index >= 15 is 0 Å². The third-order valence-electron chi connectivity index (χ3n) is 2.03. The molecule has 0 atom stereocenters. The third kappa shape index (κ3) is 3.90. The second-order valence-corrected chi connectivity index (χ2v) is 3.31. The lowest BCUT2D eigenvalue weighted by molar-refractivity contribution is 0.0956. The molecule has 0 aliphatic heterocycles. The van der Waals surface area contributed by atoms with Crippen LogP contribution in [0.3, 0.4) is 0 Å². The molecule has 1 rings (SSSR count). The van der Waals surface area contributed by atoms with Crippen molar-refractivity contribution in [1.29, 1.82) is 0 Å². The third-order valence-corrected chi connectivity index (χ3v) is 2.03. The standard InChI is InChI=1S/C12H17NO3/c1-2-13-12(15)10-4-6-11(7-5-10)16-9-3-8-14/h4-7,14H,2-3,8-9H2,1H3,(H,13,15). The monoisotopic (exact) mass is 223 g/mol. The van der Waals surface area contributed by atoms with Crippen LogP contribution in [-0.4, -0.2) is 30.8 Å². The molecule has 0 aliphatic carbocycles. The lowest BCUT2D eigenvalue weighted by Gasteiger charge is -2.06. The van der Waals surface area contributed by atoms with E-state index in [1.807, 2.05) is 6.92 Å². The van der Waals surface area contributed by atoms with Crippen LogP contribution in [0.4, 0.5) is 0 Å². The summed E-state index contributed by atoms with van der Waals surface area (Å²) in [6, 6.07) is 6.95. The van der Waals surface area contributed by atoms with Gasteiger partial charge in [0.25, 0.3) is 5.91 Å². The number of carbonyl (C=O) groups is 1. The summed E-state index contributed by atoms with van der Waals surface area (Å²) in [7, 11) is 0. The van der Waals surface area contributed by atoms with E-state index in [2.05, 4.69) is 5.32 Å². The molecule has 1 amide bonds. The maximum atomic E-state index is 11.4. The van der Waals surface area contributed by atoms with E-state index in [0.29, 0.717) is 30.9 Å². The Kier molecular flexibility index (Phi) is 5.36. The normalized spacial score (nSPS) is 9.88. The molecule has 0 fully saturated rings. The molecule has 16 heavy (non-hydrogen) atoms. The zero-order valence-corrected chi connectivity index (χ0v) is 9.40. The van der Waals surface area contributed by atoms with Crippen LogP contribution in [-0.2, 0) is 0 Å². The first-order valence-corrected chi connectivity index (χ1v) is 5.40. The Balaban J connectivity index is 2.50. The van der Waals surface area contributed by atoms with Gasteiger partial charge in [-0.3, -0.25) is 4.79 Å². The predicted octanol–water partition coefficient (Wildman–Crippen LogP) is 1.20. The lowest BCUT2D eigenvalue weighted by Crippen LogP contribution is -2.22. The van der Waals surface area contributed by atoms with Gasteiger partial charge in [0.05, 0.1) is 6.61 Å². The van der Waals surface area contributed by atoms with Crippen LogP contribution < -0.4 is 10.1 Å². The highest BCUT2D eigenvalue weighted by atomic mass is 16.5. The van der Waals surface area contributed by atoms with Gasteiger partial charge >= 0.3 is 0 Å². The Morgan fingerprint density at radius 3 is 2.62 bits per heavy atom. The van der Waals surface area contributed by atoms with Crippen LogP contribution in [0, 0.1) is 0 Å². The smallest absolute Gasteiger partial charge is 0.251 e. The summed E-state index contributed by atoms with van der Waals surface area (Å²) in [5.74, 6) is 0.630. The molecule has 88 valence electrons. The van der Waals surface area contributed by atoms with Crippen LogP contribution in [0.1, 0.15) is 23.7 Å². The predicted molar refractivity (Wildman–Crippen MR) is 61.6 cm³/mol. The highest BCUT2D eigenvalue weighted by Crippen LogP contribution is 2.12.